The van der Waals surface area contributed by atoms with E-state index >= 15 is 9.59 Å². The van der Waals surface area contributed by atoms with Crippen LogP contribution in [0.25, 0.3) is 21.1 Å². The molecule has 2 aromatic heterocycles. The van der Waals surface area contributed by atoms with Crippen molar-refractivity contribution in [3.8, 4) is 21.1 Å². The maximum Gasteiger partial charge on any atom is 0.410 e. The lowest BCUT2D eigenvalue weighted by Gasteiger charge is -2.33. The number of fused-ring (bicyclic) bond motifs is 2. The minimum absolute atomic E-state index is 0.0171. The summed E-state index contributed by atoms with van der Waals surface area (Å²) in [6.45, 7) is 9.35. The van der Waals surface area contributed by atoms with Crippen LogP contribution in [0.5, 0.6) is 0 Å². The van der Waals surface area contributed by atoms with Gasteiger partial charge < -0.3 is 39.7 Å². The second kappa shape index (κ2) is 25.4. The number of aromatic nitrogens is 2. The van der Waals surface area contributed by atoms with Crippen LogP contribution in [-0.2, 0) is 48.7 Å². The number of carbonyl (C=O) groups is 6. The number of halogens is 2. The van der Waals surface area contributed by atoms with E-state index in [0.29, 0.717) is 32.5 Å². The topological polar surface area (TPSA) is 258 Å². The molecule has 4 aromatic rings. The van der Waals surface area contributed by atoms with Crippen LogP contribution in [0.15, 0.2) is 59.3 Å². The summed E-state index contributed by atoms with van der Waals surface area (Å²) in [7, 11) is -4.85. The number of likely N-dealkylation sites (N-methyl/N-ethyl adjacent to an activating group) is 2. The van der Waals surface area contributed by atoms with Crippen molar-refractivity contribution in [1.82, 2.24) is 48.8 Å². The highest BCUT2D eigenvalue weighted by atomic mass is 32.2. The predicted octanol–water partition coefficient (Wildman–Crippen LogP) is 5.83. The van der Waals surface area contributed by atoms with Crippen molar-refractivity contribution < 1.29 is 63.9 Å². The summed E-state index contributed by atoms with van der Waals surface area (Å²) >= 11 is 2.59. The van der Waals surface area contributed by atoms with Crippen LogP contribution in [0.3, 0.4) is 0 Å². The van der Waals surface area contributed by atoms with Crippen molar-refractivity contribution in [1.29, 1.82) is 0 Å². The van der Waals surface area contributed by atoms with Crippen molar-refractivity contribution >= 4 is 78.5 Å². The number of nitrogens with one attached hydrogen (secondary N) is 2. The summed E-state index contributed by atoms with van der Waals surface area (Å²) in [5.74, 6) is -4.47. The molecule has 4 fully saturated rings. The Labute approximate surface area is 497 Å². The van der Waals surface area contributed by atoms with E-state index in [-0.39, 0.29) is 64.7 Å². The Bertz CT molecular complexity index is 3100. The van der Waals surface area contributed by atoms with Gasteiger partial charge in [-0.25, -0.2) is 45.2 Å². The molecule has 0 saturated carbocycles. The first-order valence-electron chi connectivity index (χ1n) is 27.7. The molecule has 458 valence electrons. The molecule has 8 rings (SSSR count). The van der Waals surface area contributed by atoms with Gasteiger partial charge in [0.2, 0.25) is 43.7 Å². The van der Waals surface area contributed by atoms with Crippen molar-refractivity contribution in [3.63, 3.8) is 0 Å². The number of carbonyl (C=O) groups excluding carboxylic acids is 6. The molecule has 2 aromatic carbocycles. The average Bonchev–Trinajstić information content (AvgIpc) is 1.71. The van der Waals surface area contributed by atoms with Gasteiger partial charge >= 0.3 is 12.2 Å². The minimum atomic E-state index is -3.80. The number of hydrogen-bond donors (Lipinski definition) is 2. The number of benzene rings is 2. The normalized spacial score (nSPS) is 21.8. The van der Waals surface area contributed by atoms with Crippen LogP contribution >= 0.6 is 22.7 Å². The summed E-state index contributed by atoms with van der Waals surface area (Å²) < 4.78 is 95.0. The number of hydrogen-bond acceptors (Lipinski definition) is 16. The van der Waals surface area contributed by atoms with Gasteiger partial charge in [0.05, 0.1) is 36.0 Å². The third kappa shape index (κ3) is 15.2. The molecule has 22 nitrogen and oxygen atoms in total. The van der Waals surface area contributed by atoms with Crippen LogP contribution in [0.4, 0.5) is 18.4 Å². The lowest BCUT2D eigenvalue weighted by molar-refractivity contribution is -0.138. The zero-order chi connectivity index (χ0) is 61.4. The fourth-order valence-corrected chi connectivity index (χ4v) is 15.7. The van der Waals surface area contributed by atoms with Gasteiger partial charge in [-0.1, -0.05) is 12.8 Å². The number of nitrogens with zero attached hydrogens (tertiary/aromatic N) is 8. The molecule has 84 heavy (non-hydrogen) atoms. The van der Waals surface area contributed by atoms with Crippen molar-refractivity contribution in [2.45, 2.75) is 139 Å². The van der Waals surface area contributed by atoms with Gasteiger partial charge in [-0.2, -0.15) is 8.61 Å². The summed E-state index contributed by atoms with van der Waals surface area (Å²) in [4.78, 5) is 99.4. The van der Waals surface area contributed by atoms with Gasteiger partial charge in [0, 0.05) is 86.1 Å². The molecular weight excluding hydrogens is 1170 g/mol. The lowest BCUT2D eigenvalue weighted by atomic mass is 9.95. The molecule has 4 saturated heterocycles. The van der Waals surface area contributed by atoms with Crippen LogP contribution in [0, 0.1) is 11.6 Å². The molecule has 6 amide bonds. The molecule has 8 atom stereocenters. The third-order valence-electron chi connectivity index (χ3n) is 15.2. The molecule has 4 aliphatic rings. The largest absolute Gasteiger partial charge is 0.444 e. The van der Waals surface area contributed by atoms with E-state index in [1.165, 1.54) is 69.6 Å². The SMILES string of the molecule is CN(CC(=O)NC(CCCCC(NC(=O)CN(C)C(=O)OC(C)(C)C)C(=O)N1CCC2C1C(c1csc(-c3ccc(F)cc3)n1)CN2S(C)(=O)=O)C(=O)N1CCC2C1C(c1csc(-c3ccc(F)cc3)n1)CN2S(C)(=O)=O)C(=O)OC(C)(C)C. The van der Waals surface area contributed by atoms with E-state index in [1.54, 1.807) is 86.4 Å². The first-order chi connectivity index (χ1) is 39.3. The number of rotatable bonds is 19. The average molecular weight is 1250 g/mol. The maximum absolute atomic E-state index is 15.2. The van der Waals surface area contributed by atoms with E-state index in [4.69, 9.17) is 19.4 Å². The van der Waals surface area contributed by atoms with Gasteiger partial charge in [0.1, 0.15) is 58.0 Å². The molecule has 8 unspecified atom stereocenters. The van der Waals surface area contributed by atoms with E-state index in [0.717, 1.165) is 22.3 Å². The van der Waals surface area contributed by atoms with Crippen molar-refractivity contribution in [2.75, 3.05) is 65.9 Å². The molecule has 0 aliphatic carbocycles. The molecule has 28 heteroatoms. The molecular formula is C56H74F2N10O12S4. The Morgan fingerprint density at radius 3 is 1.29 bits per heavy atom. The minimum Gasteiger partial charge on any atom is -0.444 e. The number of unbranched alkanes of at least 4 members (excludes halogenated alkanes) is 1. The Morgan fingerprint density at radius 2 is 0.964 bits per heavy atom. The van der Waals surface area contributed by atoms with E-state index < -0.39 is 140 Å². The zero-order valence-corrected chi connectivity index (χ0v) is 52.0. The smallest absolute Gasteiger partial charge is 0.410 e. The highest BCUT2D eigenvalue weighted by Gasteiger charge is 2.56. The van der Waals surface area contributed by atoms with Crippen molar-refractivity contribution in [2.24, 2.45) is 0 Å². The number of ether oxygens (including phenoxy) is 2. The molecule has 6 heterocycles. The van der Waals surface area contributed by atoms with Crippen LogP contribution in [0.1, 0.15) is 103 Å². The van der Waals surface area contributed by atoms with Crippen LogP contribution < -0.4 is 10.6 Å². The fraction of sp³-hybridized carbons (Fsp3) is 0.571. The molecule has 4 aliphatic heterocycles. The van der Waals surface area contributed by atoms with Gasteiger partial charge in [0.25, 0.3) is 0 Å². The summed E-state index contributed by atoms with van der Waals surface area (Å²) in [5.41, 5.74) is 0.616. The van der Waals surface area contributed by atoms with E-state index in [2.05, 4.69) is 10.6 Å². The van der Waals surface area contributed by atoms with Crippen LogP contribution in [-0.4, -0.2) is 204 Å². The number of likely N-dealkylation sites (tertiary alicyclic amines) is 2. The second-order valence-electron chi connectivity index (χ2n) is 24.0. The molecule has 0 bridgehead atoms. The maximum atomic E-state index is 15.2. The zero-order valence-electron chi connectivity index (χ0n) is 48.7. The third-order valence-corrected chi connectivity index (χ3v) is 19.6. The first-order valence-corrected chi connectivity index (χ1v) is 33.2. The second-order valence-corrected chi connectivity index (χ2v) is 29.6. The number of amides is 6. The Balaban J connectivity index is 1.06. The van der Waals surface area contributed by atoms with Gasteiger partial charge in [-0.15, -0.1) is 22.7 Å². The molecule has 0 radical (unpaired) electrons. The Morgan fingerprint density at radius 1 is 0.619 bits per heavy atom. The van der Waals surface area contributed by atoms with Crippen LogP contribution in [0.2, 0.25) is 0 Å². The van der Waals surface area contributed by atoms with E-state index in [1.807, 2.05) is 0 Å². The standard InChI is InChI=1S/C56H74F2N10O12S4/c1-55(2,3)79-53(73)63(7)29-45(69)59-39(51(71)65-25-23-43-47(65)37(27-67(43)83(9,75)76)41-31-81-49(61-41)33-15-19-35(57)20-16-33)13-11-12-14-40(60-46(70)30-64(8)54(74)80-56(4,5)6)52(72)66-26-24-44-48(66)38(28-68(44)84(10,77)78)42-32-82-50(62-42)34-17-21-36(58)22-18-34/h15-22,31-32,37-40,43-44,47-48H,11-14,23-30H2,1-10H3,(H,59,69)(H,60,70). The van der Waals surface area contributed by atoms with Gasteiger partial charge in [-0.05, 0) is 116 Å². The summed E-state index contributed by atoms with van der Waals surface area (Å²) in [6, 6.07) is 6.44. The lowest BCUT2D eigenvalue weighted by Crippen LogP contribution is -2.54. The van der Waals surface area contributed by atoms with Gasteiger partial charge in [0.15, 0.2) is 0 Å². The van der Waals surface area contributed by atoms with Crippen molar-refractivity contribution in [3.05, 3.63) is 82.3 Å². The van der Waals surface area contributed by atoms with E-state index in [9.17, 15) is 44.8 Å². The number of sulfonamides is 2. The quantitative estimate of drug-likeness (QED) is 0.105. The highest BCUT2D eigenvalue weighted by molar-refractivity contribution is 7.88. The fourth-order valence-electron chi connectivity index (χ4n) is 11.6. The Hall–Kier alpha value is -6.20. The summed E-state index contributed by atoms with van der Waals surface area (Å²) in [5, 5.41) is 10.4. The monoisotopic (exact) mass is 1240 g/mol. The molecule has 0 spiro atoms. The Kier molecular flexibility index (Phi) is 19.3. The van der Waals surface area contributed by atoms with Gasteiger partial charge in [-0.3, -0.25) is 19.2 Å². The number of thiazole rings is 2. The molecule has 2 N–H and O–H groups in total. The first kappa shape index (κ1) is 63.8. The summed E-state index contributed by atoms with van der Waals surface area (Å²) in [6.07, 6.45) is 1.52. The predicted molar refractivity (Wildman–Crippen MR) is 311 cm³/mol. The highest BCUT2D eigenvalue weighted by Crippen LogP contribution is 2.45.